The Labute approximate surface area is 185 Å². The maximum Gasteiger partial charge on any atom is 0.155 e. The Morgan fingerprint density at radius 2 is 1.66 bits per heavy atom. The molecule has 0 bridgehead atoms. The topological polar surface area (TPSA) is 63.1 Å². The predicted octanol–water partition coefficient (Wildman–Crippen LogP) is 5.18. The zero-order valence-electron chi connectivity index (χ0n) is 16.6. The van der Waals surface area contributed by atoms with Gasteiger partial charge < -0.3 is 5.11 Å². The van der Waals surface area contributed by atoms with Crippen molar-refractivity contribution in [1.82, 2.24) is 9.97 Å². The van der Waals surface area contributed by atoms with E-state index >= 15 is 0 Å². The Hall–Kier alpha value is -2.75. The van der Waals surface area contributed by atoms with Gasteiger partial charge in [-0.3, -0.25) is 14.8 Å². The zero-order valence-corrected chi connectivity index (χ0v) is 19.0. The zero-order chi connectivity index (χ0) is 20.1. The number of aliphatic hydroxyl groups is 1. The monoisotopic (exact) mass is 564 g/mol. The number of hydrogen-bond acceptors (Lipinski definition) is 4. The van der Waals surface area contributed by atoms with Gasteiger partial charge in [0.15, 0.2) is 5.78 Å². The number of aromatic nitrogens is 2. The number of carbonyl (C=O) groups is 1. The molecule has 1 heterocycles. The fraction of sp³-hybridized carbons (Fsp3) is 0.167. The molecule has 1 aliphatic carbocycles. The molecule has 0 saturated carbocycles. The van der Waals surface area contributed by atoms with Crippen LogP contribution in [0.5, 0.6) is 0 Å². The second-order valence-electron chi connectivity index (χ2n) is 6.80. The van der Waals surface area contributed by atoms with E-state index < -0.39 is 0 Å². The normalized spacial score (nSPS) is 14.2. The van der Waals surface area contributed by atoms with Gasteiger partial charge in [-0.2, -0.15) is 18.1 Å². The van der Waals surface area contributed by atoms with E-state index in [0.29, 0.717) is 0 Å². The molecule has 0 spiro atoms. The first-order valence-corrected chi connectivity index (χ1v) is 9.15. The van der Waals surface area contributed by atoms with Crippen LogP contribution in [0.1, 0.15) is 42.3 Å². The largest absolute Gasteiger partial charge is 0.512 e. The second kappa shape index (κ2) is 10.1. The third-order valence-corrected chi connectivity index (χ3v) is 4.42. The summed E-state index contributed by atoms with van der Waals surface area (Å²) >= 11 is 0. The maximum absolute atomic E-state index is 10.0. The molecule has 4 rings (SSSR count). The van der Waals surface area contributed by atoms with Crippen molar-refractivity contribution in [2.45, 2.75) is 26.7 Å². The molecule has 0 aliphatic heterocycles. The van der Waals surface area contributed by atoms with Gasteiger partial charge in [0, 0.05) is 44.5 Å². The van der Waals surface area contributed by atoms with Crippen LogP contribution < -0.4 is 0 Å². The van der Waals surface area contributed by atoms with Crippen molar-refractivity contribution >= 4 is 5.78 Å². The van der Waals surface area contributed by atoms with Gasteiger partial charge >= 0.3 is 0 Å². The van der Waals surface area contributed by atoms with Gasteiger partial charge in [0.1, 0.15) is 0 Å². The van der Waals surface area contributed by atoms with E-state index in [-0.39, 0.29) is 37.6 Å². The number of aliphatic hydroxyl groups excluding tert-OH is 1. The van der Waals surface area contributed by atoms with E-state index in [9.17, 15) is 4.79 Å². The summed E-state index contributed by atoms with van der Waals surface area (Å²) in [4.78, 5) is 19.0. The molecule has 1 N–H and O–H groups in total. The predicted molar refractivity (Wildman–Crippen MR) is 111 cm³/mol. The average Bonchev–Trinajstić information content (AvgIpc) is 2.67. The molecule has 2 aromatic carbocycles. The van der Waals surface area contributed by atoms with Gasteiger partial charge in [0.05, 0.1) is 17.1 Å². The molecule has 1 radical (unpaired) electrons. The van der Waals surface area contributed by atoms with Gasteiger partial charge in [0.25, 0.3) is 0 Å². The van der Waals surface area contributed by atoms with Crippen molar-refractivity contribution in [3.8, 4) is 11.1 Å². The standard InChI is InChI=1S/C19H15N2.C5H8O2.Ir/c1-13-11-21-19(12-20-13)18-10-14-6-2-3-7-15(14)16-8-4-5-9-17(16)18;1-4(6)3-5(2)7;/h2-12,18H,1H3;3,6H,1-2H3;/q-1;;/b;4-3-;. The fourth-order valence-corrected chi connectivity index (χ4v) is 3.27. The van der Waals surface area contributed by atoms with E-state index in [0.717, 1.165) is 11.4 Å². The van der Waals surface area contributed by atoms with Gasteiger partial charge in [-0.25, -0.2) is 0 Å². The Kier molecular flexibility index (Phi) is 7.89. The molecule has 1 aromatic heterocycles. The number of nitrogens with zero attached hydrogens (tertiary/aromatic N) is 2. The second-order valence-corrected chi connectivity index (χ2v) is 6.80. The van der Waals surface area contributed by atoms with Crippen LogP contribution in [-0.2, 0) is 24.9 Å². The summed E-state index contributed by atoms with van der Waals surface area (Å²) in [5.74, 6) is 0.108. The number of hydrogen-bond donors (Lipinski definition) is 1. The molecule has 29 heavy (non-hydrogen) atoms. The summed E-state index contributed by atoms with van der Waals surface area (Å²) in [7, 11) is 0. The summed E-state index contributed by atoms with van der Waals surface area (Å²) in [5.41, 5.74) is 7.11. The molecule has 1 atom stereocenters. The summed E-state index contributed by atoms with van der Waals surface area (Å²) in [6.07, 6.45) is 7.19. The summed E-state index contributed by atoms with van der Waals surface area (Å²) < 4.78 is 0. The number of rotatable bonds is 2. The minimum absolute atomic E-state index is 0. The Morgan fingerprint density at radius 1 is 1.00 bits per heavy atom. The van der Waals surface area contributed by atoms with Crippen molar-refractivity contribution < 1.29 is 30.0 Å². The summed E-state index contributed by atoms with van der Waals surface area (Å²) in [5, 5.41) is 8.36. The fourth-order valence-electron chi connectivity index (χ4n) is 3.27. The Morgan fingerprint density at radius 3 is 2.24 bits per heavy atom. The van der Waals surface area contributed by atoms with Crippen molar-refractivity contribution in [1.29, 1.82) is 0 Å². The number of ketones is 1. The van der Waals surface area contributed by atoms with Crippen molar-refractivity contribution in [3.05, 3.63) is 102 Å². The molecule has 3 aromatic rings. The molecule has 0 fully saturated rings. The molecule has 1 aliphatic rings. The molecule has 1 unspecified atom stereocenters. The minimum atomic E-state index is -0.125. The van der Waals surface area contributed by atoms with Crippen LogP contribution in [0.25, 0.3) is 11.1 Å². The Bertz CT molecular complexity index is 1010. The van der Waals surface area contributed by atoms with E-state index in [2.05, 4.69) is 64.9 Å². The SMILES string of the molecule is CC(=O)/C=C(/C)O.Cc1cnc(C2[CH-]c3ccccc3-c3ccccc32)cn1.[Ir]. The van der Waals surface area contributed by atoms with Gasteiger partial charge in [0.2, 0.25) is 0 Å². The van der Waals surface area contributed by atoms with E-state index in [1.165, 1.54) is 42.2 Å². The Balaban J connectivity index is 0.000000327. The van der Waals surface area contributed by atoms with E-state index in [4.69, 9.17) is 5.11 Å². The molecular formula is C24H23IrN2O2-. The van der Waals surface area contributed by atoms with E-state index in [1.807, 2.05) is 19.3 Å². The van der Waals surface area contributed by atoms with Crippen LogP contribution in [0.2, 0.25) is 0 Å². The maximum atomic E-state index is 10.0. The molecule has 0 saturated heterocycles. The van der Waals surface area contributed by atoms with Crippen molar-refractivity contribution in [3.63, 3.8) is 0 Å². The summed E-state index contributed by atoms with van der Waals surface area (Å²) in [6.45, 7) is 4.81. The molecule has 4 nitrogen and oxygen atoms in total. The quantitative estimate of drug-likeness (QED) is 0.265. The third kappa shape index (κ3) is 5.63. The number of aryl methyl sites for hydroxylation is 1. The first kappa shape index (κ1) is 22.5. The van der Waals surface area contributed by atoms with Gasteiger partial charge in [-0.1, -0.05) is 41.5 Å². The number of fused-ring (bicyclic) bond motifs is 3. The number of carbonyl (C=O) groups excluding carboxylic acids is 1. The first-order valence-electron chi connectivity index (χ1n) is 9.15. The molecule has 151 valence electrons. The molecule has 0 amide bonds. The minimum Gasteiger partial charge on any atom is -0.512 e. The van der Waals surface area contributed by atoms with Crippen LogP contribution in [0.4, 0.5) is 0 Å². The van der Waals surface area contributed by atoms with Crippen molar-refractivity contribution in [2.24, 2.45) is 0 Å². The molecular weight excluding hydrogens is 540 g/mol. The van der Waals surface area contributed by atoms with Crippen LogP contribution in [-0.4, -0.2) is 20.9 Å². The summed E-state index contributed by atoms with van der Waals surface area (Å²) in [6, 6.07) is 17.1. The van der Waals surface area contributed by atoms with Crippen molar-refractivity contribution in [2.75, 3.05) is 0 Å². The van der Waals surface area contributed by atoms with Crippen LogP contribution in [0, 0.1) is 13.3 Å². The average molecular weight is 564 g/mol. The number of benzene rings is 2. The van der Waals surface area contributed by atoms with Gasteiger partial charge in [-0.05, 0) is 20.8 Å². The molecule has 5 heteroatoms. The van der Waals surface area contributed by atoms with Crippen LogP contribution in [0.15, 0.2) is 72.8 Å². The van der Waals surface area contributed by atoms with Crippen LogP contribution >= 0.6 is 0 Å². The van der Waals surface area contributed by atoms with E-state index in [1.54, 1.807) is 0 Å². The van der Waals surface area contributed by atoms with Crippen LogP contribution in [0.3, 0.4) is 0 Å². The first-order chi connectivity index (χ1) is 13.5. The van der Waals surface area contributed by atoms with Gasteiger partial charge in [-0.15, -0.1) is 17.7 Å². The smallest absolute Gasteiger partial charge is 0.155 e. The third-order valence-electron chi connectivity index (χ3n) is 4.42. The number of allylic oxidation sites excluding steroid dienone is 2.